The second-order valence-electron chi connectivity index (χ2n) is 14.1. The summed E-state index contributed by atoms with van der Waals surface area (Å²) in [6.45, 7) is 11.7. The molecule has 2 heteroatoms. The first kappa shape index (κ1) is 20.3. The molecule has 0 aromatic heterocycles. The normalized spacial score (nSPS) is 24.9. The van der Waals surface area contributed by atoms with Crippen molar-refractivity contribution in [3.8, 4) is 0 Å². The van der Waals surface area contributed by atoms with E-state index >= 15 is 0 Å². The van der Waals surface area contributed by atoms with Crippen molar-refractivity contribution in [1.82, 2.24) is 0 Å². The Morgan fingerprint density at radius 1 is 0.643 bits per heavy atom. The molecule has 0 N–H and O–H groups in total. The molecule has 0 spiro atoms. The standard InChI is InChI=1S/2C11H11.4CH3.H2Si.Zr/c2*1-8-6-10-5-3-4-9(2)11(10)7-8;;;;;;/h2*3-7H,1-2H3;4*1H3;1H2;. The van der Waals surface area contributed by atoms with Gasteiger partial charge in [-0.05, 0) is 0 Å². The van der Waals surface area contributed by atoms with Gasteiger partial charge in [0.25, 0.3) is 0 Å². The van der Waals surface area contributed by atoms with Crippen LogP contribution in [0.25, 0.3) is 12.2 Å². The van der Waals surface area contributed by atoms with Crippen molar-refractivity contribution in [3.63, 3.8) is 0 Å². The molecular weight excluding hydrogens is 432 g/mol. The van der Waals surface area contributed by atoms with E-state index in [1.54, 1.807) is 22.3 Å². The Kier molecular flexibility index (Phi) is 3.51. The Morgan fingerprint density at radius 2 is 1.00 bits per heavy atom. The monoisotopic (exact) mass is 466 g/mol. The summed E-state index contributed by atoms with van der Waals surface area (Å²) in [5.41, 5.74) is 12.0. The van der Waals surface area contributed by atoms with E-state index in [0.29, 0.717) is 7.25 Å². The molecule has 2 unspecified atom stereocenters. The Hall–Kier alpha value is -0.980. The van der Waals surface area contributed by atoms with Crippen LogP contribution in [0.1, 0.15) is 54.5 Å². The van der Waals surface area contributed by atoms with Gasteiger partial charge in [-0.15, -0.1) is 0 Å². The van der Waals surface area contributed by atoms with Gasteiger partial charge < -0.3 is 0 Å². The SMILES string of the molecule is CC1=Cc2c(C)cccc2[CH]1[Zr]([CH3])([CH3])([CH3])([CH3])(=[SiH2])[CH]1C(C)=Cc2c(C)cccc21. The van der Waals surface area contributed by atoms with Gasteiger partial charge in [0.1, 0.15) is 0 Å². The molecule has 2 atom stereocenters. The second kappa shape index (κ2) is 4.84. The van der Waals surface area contributed by atoms with Crippen molar-refractivity contribution in [1.29, 1.82) is 0 Å². The molecule has 0 amide bonds. The molecule has 0 bridgehead atoms. The van der Waals surface area contributed by atoms with E-state index in [2.05, 4.69) is 102 Å². The minimum atomic E-state index is -4.42. The first-order valence-electron chi connectivity index (χ1n) is 10.7. The van der Waals surface area contributed by atoms with Crippen LogP contribution in [0.15, 0.2) is 47.5 Å². The van der Waals surface area contributed by atoms with E-state index in [1.165, 1.54) is 22.3 Å². The second-order valence-corrected chi connectivity index (χ2v) is 74.4. The molecule has 0 saturated heterocycles. The zero-order valence-corrected chi connectivity index (χ0v) is 22.9. The van der Waals surface area contributed by atoms with Crippen molar-refractivity contribution in [2.24, 2.45) is 0 Å². The summed E-state index contributed by atoms with van der Waals surface area (Å²) in [6.07, 6.45) is 4.97. The minimum absolute atomic E-state index is 0.518. The summed E-state index contributed by atoms with van der Waals surface area (Å²) in [6, 6.07) is 13.9. The average molecular weight is 468 g/mol. The molecule has 0 nitrogen and oxygen atoms in total. The number of aryl methyl sites for hydroxylation is 2. The Balaban J connectivity index is 2.11. The molecule has 2 aromatic carbocycles. The Labute approximate surface area is 167 Å². The summed E-state index contributed by atoms with van der Waals surface area (Å²) in [5.74, 6) is 0. The summed E-state index contributed by atoms with van der Waals surface area (Å²) >= 11 is -4.42. The van der Waals surface area contributed by atoms with Gasteiger partial charge in [-0.25, -0.2) is 0 Å². The van der Waals surface area contributed by atoms with Crippen molar-refractivity contribution in [2.45, 2.75) is 53.5 Å². The first-order valence-corrected chi connectivity index (χ1v) is 29.3. The number of hydrogen-bond acceptors (Lipinski definition) is 0. The van der Waals surface area contributed by atoms with Crippen LogP contribution in [0.5, 0.6) is 0 Å². The molecule has 2 aliphatic carbocycles. The van der Waals surface area contributed by atoms with Gasteiger partial charge in [-0.3, -0.25) is 0 Å². The molecule has 0 heterocycles. The zero-order valence-electron chi connectivity index (χ0n) is 19.0. The van der Waals surface area contributed by atoms with E-state index in [0.717, 1.165) is 0 Å². The fourth-order valence-corrected chi connectivity index (χ4v) is 36.4. The third-order valence-corrected chi connectivity index (χ3v) is 31.6. The van der Waals surface area contributed by atoms with Gasteiger partial charge in [0.2, 0.25) is 0 Å². The van der Waals surface area contributed by atoms with Crippen molar-refractivity contribution in [2.75, 3.05) is 0 Å². The number of fused-ring (bicyclic) bond motifs is 2. The van der Waals surface area contributed by atoms with Crippen LogP contribution >= 0.6 is 0 Å². The fraction of sp³-hybridized carbons (Fsp3) is 0.385. The number of benzene rings is 2. The van der Waals surface area contributed by atoms with E-state index in [-0.39, 0.29) is 0 Å². The van der Waals surface area contributed by atoms with Gasteiger partial charge in [0, 0.05) is 0 Å². The van der Waals surface area contributed by atoms with Gasteiger partial charge in [0.15, 0.2) is 0 Å². The molecule has 0 aliphatic heterocycles. The van der Waals surface area contributed by atoms with Crippen molar-refractivity contribution < 1.29 is 14.4 Å². The summed E-state index contributed by atoms with van der Waals surface area (Å²) in [5, 5.41) is 0. The molecule has 148 valence electrons. The molecule has 4 rings (SSSR count). The maximum absolute atomic E-state index is 4.42. The van der Waals surface area contributed by atoms with Gasteiger partial charge >= 0.3 is 168 Å². The molecule has 0 saturated carbocycles. The van der Waals surface area contributed by atoms with Crippen molar-refractivity contribution >= 4 is 19.0 Å². The van der Waals surface area contributed by atoms with Gasteiger partial charge in [0.05, 0.1) is 0 Å². The third-order valence-electron chi connectivity index (χ3n) is 8.04. The molecule has 0 fully saturated rings. The number of rotatable bonds is 2. The predicted octanol–water partition coefficient (Wildman–Crippen LogP) is 7.42. The molecule has 2 aromatic rings. The van der Waals surface area contributed by atoms with Crippen LogP contribution in [0, 0.1) is 13.8 Å². The Morgan fingerprint density at radius 3 is 1.36 bits per heavy atom. The predicted molar refractivity (Wildman–Crippen MR) is 127 cm³/mol. The van der Waals surface area contributed by atoms with Crippen LogP contribution in [0.2, 0.25) is 18.5 Å². The van der Waals surface area contributed by atoms with Crippen LogP contribution in [0.4, 0.5) is 0 Å². The zero-order chi connectivity index (χ0) is 20.8. The first-order chi connectivity index (χ1) is 12.6. The molecule has 0 radical (unpaired) electrons. The fourth-order valence-electron chi connectivity index (χ4n) is 7.63. The quantitative estimate of drug-likeness (QED) is 0.403. The number of allylic oxidation sites excluding steroid dienone is 2. The number of hydrogen-bond donors (Lipinski definition) is 0. The van der Waals surface area contributed by atoms with Crippen LogP contribution < -0.4 is 0 Å². The van der Waals surface area contributed by atoms with Crippen LogP contribution in [0.3, 0.4) is 0 Å². The average Bonchev–Trinajstić information content (AvgIpc) is 3.06. The third kappa shape index (κ3) is 2.56. The van der Waals surface area contributed by atoms with E-state index < -0.39 is 14.4 Å². The van der Waals surface area contributed by atoms with Crippen molar-refractivity contribution in [3.05, 3.63) is 80.9 Å². The van der Waals surface area contributed by atoms with Gasteiger partial charge in [-0.2, -0.15) is 0 Å². The van der Waals surface area contributed by atoms with E-state index in [9.17, 15) is 0 Å². The maximum atomic E-state index is 2.73. The van der Waals surface area contributed by atoms with Gasteiger partial charge in [-0.1, -0.05) is 0 Å². The van der Waals surface area contributed by atoms with E-state index in [1.807, 2.05) is 0 Å². The molecule has 28 heavy (non-hydrogen) atoms. The summed E-state index contributed by atoms with van der Waals surface area (Å²) in [4.78, 5) is 0. The van der Waals surface area contributed by atoms with Crippen LogP contribution in [-0.2, 0) is 14.4 Å². The molecular formula is C26H36SiZr. The summed E-state index contributed by atoms with van der Waals surface area (Å²) < 4.78 is 12.0. The topological polar surface area (TPSA) is 0 Å². The van der Waals surface area contributed by atoms with Crippen LogP contribution in [-0.4, -0.2) is 6.88 Å². The summed E-state index contributed by atoms with van der Waals surface area (Å²) in [7, 11) is 0. The Bertz CT molecular complexity index is 1140. The van der Waals surface area contributed by atoms with E-state index in [4.69, 9.17) is 0 Å². The molecule has 2 aliphatic rings.